The van der Waals surface area contributed by atoms with Crippen molar-refractivity contribution in [2.24, 2.45) is 5.92 Å². The molecule has 0 amide bonds. The molecule has 0 saturated heterocycles. The van der Waals surface area contributed by atoms with Crippen molar-refractivity contribution in [1.82, 2.24) is 0 Å². The van der Waals surface area contributed by atoms with Crippen molar-refractivity contribution in [1.29, 1.82) is 0 Å². The minimum absolute atomic E-state index is 0.569. The number of unbranched alkanes of at least 4 members (excludes halogenated alkanes) is 3. The van der Waals surface area contributed by atoms with E-state index in [4.69, 9.17) is 0 Å². The van der Waals surface area contributed by atoms with Crippen molar-refractivity contribution in [3.8, 4) is 0 Å². The van der Waals surface area contributed by atoms with Gasteiger partial charge in [0.1, 0.15) is 0 Å². The summed E-state index contributed by atoms with van der Waals surface area (Å²) in [5, 5.41) is 0. The molecule has 0 spiro atoms. The van der Waals surface area contributed by atoms with E-state index in [2.05, 4.69) is 24.8 Å². The molecule has 1 rings (SSSR count). The highest BCUT2D eigenvalue weighted by Crippen LogP contribution is 2.38. The number of allylic oxidation sites excluding steroid dienone is 5. The summed E-state index contributed by atoms with van der Waals surface area (Å²) in [6.07, 6.45) is 20.7. The molecule has 0 bridgehead atoms. The van der Waals surface area contributed by atoms with Gasteiger partial charge in [0.15, 0.2) is 6.29 Å². The van der Waals surface area contributed by atoms with E-state index < -0.39 is 0 Å². The summed E-state index contributed by atoms with van der Waals surface area (Å²) in [7, 11) is 0. The largest absolute Gasteiger partial charge is 0.291 e. The van der Waals surface area contributed by atoms with Gasteiger partial charge in [-0.2, -0.15) is 0 Å². The first-order valence-electron chi connectivity index (χ1n) is 7.18. The summed E-state index contributed by atoms with van der Waals surface area (Å²) in [6, 6.07) is 0. The second kappa shape index (κ2) is 9.87. The normalized spacial score (nSPS) is 16.1. The van der Waals surface area contributed by atoms with Crippen LogP contribution in [0.25, 0.3) is 0 Å². The molecule has 1 saturated carbocycles. The Labute approximate surface area is 112 Å². The Morgan fingerprint density at radius 1 is 1.17 bits per heavy atom. The van der Waals surface area contributed by atoms with E-state index in [9.17, 15) is 4.79 Å². The Kier molecular flexibility index (Phi) is 8.20. The van der Waals surface area contributed by atoms with E-state index in [1.807, 2.05) is 12.4 Å². The van der Waals surface area contributed by atoms with Crippen molar-refractivity contribution in [3.63, 3.8) is 0 Å². The standard InChI is InChI=1S/C17H25O/c1-2-3-8-11-16(17-13-14-17)12-9-6-4-5-7-10-15-18/h2,4,6,11,17H,1,3,5,7-10,12-14H2/b6-4+,16-11-. The van der Waals surface area contributed by atoms with Crippen molar-refractivity contribution in [2.75, 3.05) is 0 Å². The molecule has 1 aliphatic rings. The Morgan fingerprint density at radius 3 is 2.61 bits per heavy atom. The third-order valence-electron chi connectivity index (χ3n) is 3.30. The predicted octanol–water partition coefficient (Wildman–Crippen LogP) is 4.91. The monoisotopic (exact) mass is 245 g/mol. The zero-order chi connectivity index (χ0) is 13.1. The topological polar surface area (TPSA) is 17.1 Å². The molecule has 1 heteroatoms. The van der Waals surface area contributed by atoms with Crippen LogP contribution in [0.3, 0.4) is 0 Å². The lowest BCUT2D eigenvalue weighted by Crippen LogP contribution is -1.86. The molecule has 0 aromatic heterocycles. The second-order valence-corrected chi connectivity index (χ2v) is 4.97. The van der Waals surface area contributed by atoms with Crippen molar-refractivity contribution >= 4 is 6.29 Å². The molecule has 99 valence electrons. The Balaban J connectivity index is 2.15. The minimum atomic E-state index is 0.569. The number of hydrogen-bond donors (Lipinski definition) is 0. The number of rotatable bonds is 11. The fourth-order valence-electron chi connectivity index (χ4n) is 2.09. The van der Waals surface area contributed by atoms with Crippen LogP contribution < -0.4 is 0 Å². The van der Waals surface area contributed by atoms with E-state index in [0.29, 0.717) is 6.42 Å². The maximum Gasteiger partial charge on any atom is 0.198 e. The third-order valence-corrected chi connectivity index (χ3v) is 3.30. The third kappa shape index (κ3) is 7.26. The zero-order valence-electron chi connectivity index (χ0n) is 11.4. The maximum absolute atomic E-state index is 10.0. The van der Waals surface area contributed by atoms with Crippen LogP contribution in [0.1, 0.15) is 57.8 Å². The first kappa shape index (κ1) is 14.9. The van der Waals surface area contributed by atoms with Gasteiger partial charge in [-0.15, -0.1) is 6.58 Å². The van der Waals surface area contributed by atoms with Crippen LogP contribution in [0, 0.1) is 5.92 Å². The molecular weight excluding hydrogens is 220 g/mol. The van der Waals surface area contributed by atoms with Gasteiger partial charge in [-0.05, 0) is 57.3 Å². The van der Waals surface area contributed by atoms with Crippen molar-refractivity contribution in [2.45, 2.75) is 57.8 Å². The fourth-order valence-corrected chi connectivity index (χ4v) is 2.09. The summed E-state index contributed by atoms with van der Waals surface area (Å²) in [4.78, 5) is 10.0. The summed E-state index contributed by atoms with van der Waals surface area (Å²) in [5.41, 5.74) is 1.66. The van der Waals surface area contributed by atoms with Gasteiger partial charge in [0.2, 0.25) is 0 Å². The molecule has 0 aromatic carbocycles. The van der Waals surface area contributed by atoms with Gasteiger partial charge >= 0.3 is 0 Å². The number of carbonyl (C=O) groups excluding carboxylic acids is 1. The molecule has 0 aromatic rings. The average molecular weight is 245 g/mol. The first-order valence-corrected chi connectivity index (χ1v) is 7.18. The van der Waals surface area contributed by atoms with E-state index in [-0.39, 0.29) is 0 Å². The summed E-state index contributed by atoms with van der Waals surface area (Å²) in [5.74, 6) is 0.882. The van der Waals surface area contributed by atoms with E-state index in [1.54, 1.807) is 5.57 Å². The molecule has 0 aliphatic heterocycles. The SMILES string of the molecule is C=CCC/C=C(/CC/C=C/CCC[C]=O)C1CC1. The molecule has 1 fully saturated rings. The maximum atomic E-state index is 10.0. The summed E-state index contributed by atoms with van der Waals surface area (Å²) >= 11 is 0. The first-order chi connectivity index (χ1) is 8.88. The minimum Gasteiger partial charge on any atom is -0.291 e. The molecular formula is C17H25O. The van der Waals surface area contributed by atoms with Gasteiger partial charge in [-0.25, -0.2) is 0 Å². The fraction of sp³-hybridized carbons (Fsp3) is 0.588. The van der Waals surface area contributed by atoms with Crippen LogP contribution in [-0.4, -0.2) is 6.29 Å². The lowest BCUT2D eigenvalue weighted by Gasteiger charge is -2.03. The van der Waals surface area contributed by atoms with Crippen LogP contribution in [-0.2, 0) is 4.79 Å². The van der Waals surface area contributed by atoms with Gasteiger partial charge in [-0.1, -0.05) is 29.9 Å². The van der Waals surface area contributed by atoms with Crippen LogP contribution in [0.5, 0.6) is 0 Å². The lowest BCUT2D eigenvalue weighted by atomic mass is 10.0. The summed E-state index contributed by atoms with van der Waals surface area (Å²) in [6.45, 7) is 3.76. The van der Waals surface area contributed by atoms with Crippen LogP contribution in [0.15, 0.2) is 36.5 Å². The molecule has 0 unspecified atom stereocenters. The predicted molar refractivity (Wildman–Crippen MR) is 78.2 cm³/mol. The van der Waals surface area contributed by atoms with Crippen molar-refractivity contribution < 1.29 is 4.79 Å². The highest BCUT2D eigenvalue weighted by molar-refractivity contribution is 5.50. The van der Waals surface area contributed by atoms with Crippen LogP contribution in [0.4, 0.5) is 0 Å². The molecule has 18 heavy (non-hydrogen) atoms. The van der Waals surface area contributed by atoms with Gasteiger partial charge in [0.05, 0.1) is 0 Å². The Hall–Kier alpha value is -1.11. The van der Waals surface area contributed by atoms with Gasteiger partial charge in [0.25, 0.3) is 0 Å². The van der Waals surface area contributed by atoms with Crippen LogP contribution >= 0.6 is 0 Å². The van der Waals surface area contributed by atoms with Crippen LogP contribution in [0.2, 0.25) is 0 Å². The molecule has 1 nitrogen and oxygen atoms in total. The molecule has 1 aliphatic carbocycles. The Bertz CT molecular complexity index is 295. The zero-order valence-corrected chi connectivity index (χ0v) is 11.4. The number of hydrogen-bond acceptors (Lipinski definition) is 1. The quantitative estimate of drug-likeness (QED) is 0.373. The molecule has 0 N–H and O–H groups in total. The molecule has 1 radical (unpaired) electrons. The molecule has 0 heterocycles. The van der Waals surface area contributed by atoms with Gasteiger partial charge in [-0.3, -0.25) is 4.79 Å². The highest BCUT2D eigenvalue weighted by atomic mass is 16.1. The van der Waals surface area contributed by atoms with Gasteiger partial charge < -0.3 is 0 Å². The highest BCUT2D eigenvalue weighted by Gasteiger charge is 2.24. The van der Waals surface area contributed by atoms with E-state index in [1.165, 1.54) is 19.3 Å². The summed E-state index contributed by atoms with van der Waals surface area (Å²) < 4.78 is 0. The van der Waals surface area contributed by atoms with Crippen molar-refractivity contribution in [3.05, 3.63) is 36.5 Å². The lowest BCUT2D eigenvalue weighted by molar-refractivity contribution is 0.549. The van der Waals surface area contributed by atoms with Gasteiger partial charge in [0, 0.05) is 6.42 Å². The average Bonchev–Trinajstić information content (AvgIpc) is 3.20. The smallest absolute Gasteiger partial charge is 0.198 e. The second-order valence-electron chi connectivity index (χ2n) is 4.97. The van der Waals surface area contributed by atoms with E-state index >= 15 is 0 Å². The Morgan fingerprint density at radius 2 is 1.94 bits per heavy atom. The van der Waals surface area contributed by atoms with E-state index in [0.717, 1.165) is 38.0 Å². The molecule has 0 atom stereocenters.